The van der Waals surface area contributed by atoms with Crippen LogP contribution in [0.1, 0.15) is 24.1 Å². The number of nitrogens with zero attached hydrogens (tertiary/aromatic N) is 2. The van der Waals surface area contributed by atoms with Crippen LogP contribution in [-0.2, 0) is 13.1 Å². The Kier molecular flexibility index (Phi) is 3.97. The molecule has 1 aromatic carbocycles. The highest BCUT2D eigenvalue weighted by molar-refractivity contribution is 5.45. The number of anilines is 1. The molecule has 0 atom stereocenters. The Hall–Kier alpha value is -1.87. The summed E-state index contributed by atoms with van der Waals surface area (Å²) in [7, 11) is 2.10. The van der Waals surface area contributed by atoms with Gasteiger partial charge in [0, 0.05) is 31.5 Å². The van der Waals surface area contributed by atoms with Crippen molar-refractivity contribution in [1.82, 2.24) is 10.3 Å². The minimum Gasteiger partial charge on any atom is -0.369 e. The summed E-state index contributed by atoms with van der Waals surface area (Å²) in [6.07, 6.45) is 4.64. The third kappa shape index (κ3) is 3.58. The highest BCUT2D eigenvalue weighted by atomic mass is 15.1. The molecule has 1 aromatic heterocycles. The molecule has 0 radical (unpaired) electrons. The maximum atomic E-state index is 4.56. The zero-order valence-electron chi connectivity index (χ0n) is 11.9. The van der Waals surface area contributed by atoms with Gasteiger partial charge in [0.15, 0.2) is 0 Å². The van der Waals surface area contributed by atoms with Crippen LogP contribution in [0.2, 0.25) is 0 Å². The molecule has 1 fully saturated rings. The van der Waals surface area contributed by atoms with Crippen LogP contribution >= 0.6 is 0 Å². The Labute approximate surface area is 120 Å². The Balaban J connectivity index is 1.56. The molecular formula is C17H21N3. The molecule has 1 aliphatic carbocycles. The lowest BCUT2D eigenvalue weighted by molar-refractivity contribution is 0.685. The molecule has 3 heteroatoms. The number of pyridine rings is 1. The molecule has 2 aromatic rings. The summed E-state index contributed by atoms with van der Waals surface area (Å²) in [5, 5.41) is 3.51. The summed E-state index contributed by atoms with van der Waals surface area (Å²) < 4.78 is 0. The van der Waals surface area contributed by atoms with Crippen molar-refractivity contribution in [3.8, 4) is 0 Å². The van der Waals surface area contributed by atoms with Crippen LogP contribution in [0.25, 0.3) is 0 Å². The quantitative estimate of drug-likeness (QED) is 0.872. The second-order valence-corrected chi connectivity index (χ2v) is 5.50. The third-order valence-corrected chi connectivity index (χ3v) is 3.65. The molecule has 1 heterocycles. The van der Waals surface area contributed by atoms with Gasteiger partial charge in [0.25, 0.3) is 0 Å². The average molecular weight is 267 g/mol. The van der Waals surface area contributed by atoms with E-state index in [-0.39, 0.29) is 0 Å². The maximum Gasteiger partial charge on any atom is 0.0598 e. The van der Waals surface area contributed by atoms with Crippen molar-refractivity contribution in [3.05, 3.63) is 59.9 Å². The van der Waals surface area contributed by atoms with Crippen LogP contribution < -0.4 is 10.2 Å². The number of hydrogen-bond acceptors (Lipinski definition) is 3. The molecule has 0 unspecified atom stereocenters. The van der Waals surface area contributed by atoms with Crippen LogP contribution in [0.5, 0.6) is 0 Å². The molecule has 104 valence electrons. The Morgan fingerprint density at radius 3 is 2.60 bits per heavy atom. The molecule has 1 saturated carbocycles. The summed E-state index contributed by atoms with van der Waals surface area (Å²) in [6.45, 7) is 1.77. The summed E-state index contributed by atoms with van der Waals surface area (Å²) in [4.78, 5) is 6.77. The minimum absolute atomic E-state index is 0.749. The van der Waals surface area contributed by atoms with Gasteiger partial charge in [-0.3, -0.25) is 4.98 Å². The van der Waals surface area contributed by atoms with Gasteiger partial charge in [-0.05, 0) is 36.6 Å². The molecule has 1 aliphatic rings. The van der Waals surface area contributed by atoms with E-state index in [2.05, 4.69) is 58.6 Å². The molecule has 0 aliphatic heterocycles. The van der Waals surface area contributed by atoms with Gasteiger partial charge in [-0.1, -0.05) is 24.3 Å². The van der Waals surface area contributed by atoms with E-state index in [1.165, 1.54) is 24.1 Å². The number of para-hydroxylation sites is 1. The van der Waals surface area contributed by atoms with Gasteiger partial charge in [0.05, 0.1) is 12.2 Å². The summed E-state index contributed by atoms with van der Waals surface area (Å²) in [5.74, 6) is 0. The van der Waals surface area contributed by atoms with E-state index in [1.807, 2.05) is 12.3 Å². The van der Waals surface area contributed by atoms with Gasteiger partial charge in [0.2, 0.25) is 0 Å². The van der Waals surface area contributed by atoms with E-state index in [0.717, 1.165) is 24.8 Å². The molecular weight excluding hydrogens is 246 g/mol. The number of nitrogens with one attached hydrogen (secondary N) is 1. The van der Waals surface area contributed by atoms with Gasteiger partial charge in [0.1, 0.15) is 0 Å². The zero-order chi connectivity index (χ0) is 13.8. The van der Waals surface area contributed by atoms with E-state index >= 15 is 0 Å². The van der Waals surface area contributed by atoms with E-state index in [0.29, 0.717) is 0 Å². The van der Waals surface area contributed by atoms with Gasteiger partial charge < -0.3 is 10.2 Å². The lowest BCUT2D eigenvalue weighted by Gasteiger charge is -2.18. The van der Waals surface area contributed by atoms with Crippen LogP contribution in [0.4, 0.5) is 5.69 Å². The molecule has 1 N–H and O–H groups in total. The van der Waals surface area contributed by atoms with Crippen molar-refractivity contribution in [3.63, 3.8) is 0 Å². The Morgan fingerprint density at radius 1 is 1.15 bits per heavy atom. The van der Waals surface area contributed by atoms with Crippen molar-refractivity contribution >= 4 is 5.69 Å². The lowest BCUT2D eigenvalue weighted by atomic mass is 10.2. The highest BCUT2D eigenvalue weighted by Gasteiger charge is 2.19. The SMILES string of the molecule is CN(Cc1ccc(CNC2CC2)cn1)c1ccccc1. The normalized spacial score (nSPS) is 14.2. The summed E-state index contributed by atoms with van der Waals surface area (Å²) >= 11 is 0. The molecule has 0 saturated heterocycles. The molecule has 20 heavy (non-hydrogen) atoms. The number of rotatable bonds is 6. The Morgan fingerprint density at radius 2 is 1.95 bits per heavy atom. The fourth-order valence-electron chi connectivity index (χ4n) is 2.22. The first-order chi connectivity index (χ1) is 9.81. The first-order valence-corrected chi connectivity index (χ1v) is 7.24. The summed E-state index contributed by atoms with van der Waals surface area (Å²) in [5.41, 5.74) is 3.59. The monoisotopic (exact) mass is 267 g/mol. The van der Waals surface area contributed by atoms with E-state index in [9.17, 15) is 0 Å². The number of benzene rings is 1. The predicted molar refractivity (Wildman–Crippen MR) is 82.6 cm³/mol. The zero-order valence-corrected chi connectivity index (χ0v) is 11.9. The molecule has 3 nitrogen and oxygen atoms in total. The first-order valence-electron chi connectivity index (χ1n) is 7.24. The summed E-state index contributed by atoms with van der Waals surface area (Å²) in [6, 6.07) is 15.5. The fourth-order valence-corrected chi connectivity index (χ4v) is 2.22. The maximum absolute atomic E-state index is 4.56. The first kappa shape index (κ1) is 13.1. The van der Waals surface area contributed by atoms with Crippen LogP contribution in [0.3, 0.4) is 0 Å². The van der Waals surface area contributed by atoms with E-state index in [4.69, 9.17) is 0 Å². The average Bonchev–Trinajstić information content (AvgIpc) is 3.32. The number of aromatic nitrogens is 1. The molecule has 0 spiro atoms. The molecule has 0 amide bonds. The van der Waals surface area contributed by atoms with Crippen molar-refractivity contribution in [1.29, 1.82) is 0 Å². The van der Waals surface area contributed by atoms with Crippen LogP contribution in [-0.4, -0.2) is 18.1 Å². The van der Waals surface area contributed by atoms with E-state index < -0.39 is 0 Å². The van der Waals surface area contributed by atoms with Gasteiger partial charge >= 0.3 is 0 Å². The smallest absolute Gasteiger partial charge is 0.0598 e. The second-order valence-electron chi connectivity index (χ2n) is 5.50. The van der Waals surface area contributed by atoms with Crippen molar-refractivity contribution < 1.29 is 0 Å². The van der Waals surface area contributed by atoms with Crippen LogP contribution in [0.15, 0.2) is 48.7 Å². The van der Waals surface area contributed by atoms with Gasteiger partial charge in [-0.25, -0.2) is 0 Å². The van der Waals surface area contributed by atoms with E-state index in [1.54, 1.807) is 0 Å². The van der Waals surface area contributed by atoms with Gasteiger partial charge in [-0.2, -0.15) is 0 Å². The molecule has 3 rings (SSSR count). The third-order valence-electron chi connectivity index (χ3n) is 3.65. The molecule has 0 bridgehead atoms. The minimum atomic E-state index is 0.749. The second kappa shape index (κ2) is 6.06. The predicted octanol–water partition coefficient (Wildman–Crippen LogP) is 2.97. The highest BCUT2D eigenvalue weighted by Crippen LogP contribution is 2.19. The number of hydrogen-bond donors (Lipinski definition) is 1. The standard InChI is InChI=1S/C17H21N3/c1-20(17-5-3-2-4-6-17)13-16-8-7-14(12-19-16)11-18-15-9-10-15/h2-8,12,15,18H,9-11,13H2,1H3. The van der Waals surface area contributed by atoms with Gasteiger partial charge in [-0.15, -0.1) is 0 Å². The van der Waals surface area contributed by atoms with Crippen LogP contribution in [0, 0.1) is 0 Å². The lowest BCUT2D eigenvalue weighted by Crippen LogP contribution is -2.18. The Bertz CT molecular complexity index is 532. The fraction of sp³-hybridized carbons (Fsp3) is 0.353. The van der Waals surface area contributed by atoms with Crippen molar-refractivity contribution in [2.75, 3.05) is 11.9 Å². The largest absolute Gasteiger partial charge is 0.369 e. The van der Waals surface area contributed by atoms with Crippen molar-refractivity contribution in [2.24, 2.45) is 0 Å². The van der Waals surface area contributed by atoms with Crippen molar-refractivity contribution in [2.45, 2.75) is 32.0 Å². The topological polar surface area (TPSA) is 28.2 Å².